The van der Waals surface area contributed by atoms with Gasteiger partial charge >= 0.3 is 0 Å². The van der Waals surface area contributed by atoms with Crippen molar-refractivity contribution in [1.82, 2.24) is 0 Å². The molecule has 0 bridgehead atoms. The third kappa shape index (κ3) is 2.38. The summed E-state index contributed by atoms with van der Waals surface area (Å²) in [6.07, 6.45) is 3.86. The van der Waals surface area contributed by atoms with Crippen LogP contribution in [0.25, 0.3) is 0 Å². The third-order valence-electron chi connectivity index (χ3n) is 3.21. The lowest BCUT2D eigenvalue weighted by Gasteiger charge is -2.26. The minimum Gasteiger partial charge on any atom is -0.392 e. The lowest BCUT2D eigenvalue weighted by molar-refractivity contribution is 0.282. The Balaban J connectivity index is 2.22. The molecule has 1 N–H and O–H groups in total. The summed E-state index contributed by atoms with van der Waals surface area (Å²) in [5.41, 5.74) is 3.64. The first kappa shape index (κ1) is 11.5. The van der Waals surface area contributed by atoms with Gasteiger partial charge in [-0.05, 0) is 43.4 Å². The molecular formula is C14H21NO. The SMILES string of the molecule is CCCN(c1ccc(CO)cc1C)C1CC1. The molecule has 88 valence electrons. The van der Waals surface area contributed by atoms with Crippen LogP contribution >= 0.6 is 0 Å². The molecule has 2 nitrogen and oxygen atoms in total. The van der Waals surface area contributed by atoms with E-state index in [9.17, 15) is 0 Å². The summed E-state index contributed by atoms with van der Waals surface area (Å²) < 4.78 is 0. The molecule has 0 atom stereocenters. The maximum Gasteiger partial charge on any atom is 0.0681 e. The van der Waals surface area contributed by atoms with Crippen molar-refractivity contribution in [1.29, 1.82) is 0 Å². The van der Waals surface area contributed by atoms with Gasteiger partial charge in [-0.15, -0.1) is 0 Å². The predicted molar refractivity (Wildman–Crippen MR) is 67.8 cm³/mol. The van der Waals surface area contributed by atoms with E-state index in [1.54, 1.807) is 0 Å². The van der Waals surface area contributed by atoms with Gasteiger partial charge in [0, 0.05) is 18.3 Å². The van der Waals surface area contributed by atoms with Crippen LogP contribution in [0.4, 0.5) is 5.69 Å². The van der Waals surface area contributed by atoms with E-state index in [0.717, 1.165) is 18.2 Å². The number of aliphatic hydroxyl groups excluding tert-OH is 1. The van der Waals surface area contributed by atoms with Crippen molar-refractivity contribution < 1.29 is 5.11 Å². The summed E-state index contributed by atoms with van der Waals surface area (Å²) >= 11 is 0. The number of nitrogens with zero attached hydrogens (tertiary/aromatic N) is 1. The number of hydrogen-bond acceptors (Lipinski definition) is 2. The van der Waals surface area contributed by atoms with Crippen molar-refractivity contribution in [3.63, 3.8) is 0 Å². The van der Waals surface area contributed by atoms with Crippen molar-refractivity contribution in [2.45, 2.75) is 45.8 Å². The highest BCUT2D eigenvalue weighted by Crippen LogP contribution is 2.33. The number of anilines is 1. The molecule has 0 heterocycles. The predicted octanol–water partition coefficient (Wildman–Crippen LogP) is 2.87. The second-order valence-corrected chi connectivity index (χ2v) is 4.70. The molecule has 1 aliphatic carbocycles. The van der Waals surface area contributed by atoms with Crippen molar-refractivity contribution in [2.24, 2.45) is 0 Å². The Morgan fingerprint density at radius 1 is 1.38 bits per heavy atom. The fourth-order valence-corrected chi connectivity index (χ4v) is 2.27. The molecule has 1 aromatic carbocycles. The zero-order chi connectivity index (χ0) is 11.5. The number of aryl methyl sites for hydroxylation is 1. The molecular weight excluding hydrogens is 198 g/mol. The molecule has 1 fully saturated rings. The molecule has 0 spiro atoms. The van der Waals surface area contributed by atoms with Crippen molar-refractivity contribution in [3.05, 3.63) is 29.3 Å². The first-order valence-corrected chi connectivity index (χ1v) is 6.23. The topological polar surface area (TPSA) is 23.5 Å². The van der Waals surface area contributed by atoms with E-state index in [2.05, 4.69) is 30.9 Å². The molecule has 0 unspecified atom stereocenters. The maximum atomic E-state index is 9.10. The molecule has 1 aliphatic rings. The van der Waals surface area contributed by atoms with Crippen LogP contribution in [0.15, 0.2) is 18.2 Å². The average Bonchev–Trinajstić information content (AvgIpc) is 3.10. The Kier molecular flexibility index (Phi) is 3.49. The van der Waals surface area contributed by atoms with E-state index in [1.807, 2.05) is 6.07 Å². The molecule has 0 saturated heterocycles. The lowest BCUT2D eigenvalue weighted by atomic mass is 10.1. The van der Waals surface area contributed by atoms with Gasteiger partial charge in [0.1, 0.15) is 0 Å². The molecule has 0 radical (unpaired) electrons. The van der Waals surface area contributed by atoms with Gasteiger partial charge in [0.2, 0.25) is 0 Å². The van der Waals surface area contributed by atoms with Crippen LogP contribution in [-0.2, 0) is 6.61 Å². The summed E-state index contributed by atoms with van der Waals surface area (Å²) in [6.45, 7) is 5.65. The van der Waals surface area contributed by atoms with Crippen LogP contribution in [0, 0.1) is 6.92 Å². The Bertz CT molecular complexity index is 358. The van der Waals surface area contributed by atoms with Gasteiger partial charge < -0.3 is 10.0 Å². The van der Waals surface area contributed by atoms with Gasteiger partial charge in [0.25, 0.3) is 0 Å². The Labute approximate surface area is 97.9 Å². The molecule has 2 heteroatoms. The normalized spacial score (nSPS) is 15.2. The number of hydrogen-bond donors (Lipinski definition) is 1. The number of rotatable bonds is 5. The van der Waals surface area contributed by atoms with Crippen molar-refractivity contribution in [2.75, 3.05) is 11.4 Å². The van der Waals surface area contributed by atoms with Crippen LogP contribution in [-0.4, -0.2) is 17.7 Å². The molecule has 0 aliphatic heterocycles. The zero-order valence-electron chi connectivity index (χ0n) is 10.2. The first-order valence-electron chi connectivity index (χ1n) is 6.23. The van der Waals surface area contributed by atoms with E-state index >= 15 is 0 Å². The fraction of sp³-hybridized carbons (Fsp3) is 0.571. The van der Waals surface area contributed by atoms with Crippen LogP contribution in [0.2, 0.25) is 0 Å². The summed E-state index contributed by atoms with van der Waals surface area (Å²) in [4.78, 5) is 2.52. The van der Waals surface area contributed by atoms with Crippen molar-refractivity contribution in [3.8, 4) is 0 Å². The Hall–Kier alpha value is -1.02. The molecule has 0 amide bonds. The van der Waals surface area contributed by atoms with E-state index in [-0.39, 0.29) is 6.61 Å². The van der Waals surface area contributed by atoms with Crippen LogP contribution in [0.1, 0.15) is 37.3 Å². The maximum absolute atomic E-state index is 9.10. The number of aliphatic hydroxyl groups is 1. The summed E-state index contributed by atoms with van der Waals surface area (Å²) in [6, 6.07) is 7.06. The molecule has 2 rings (SSSR count). The minimum atomic E-state index is 0.137. The van der Waals surface area contributed by atoms with Gasteiger partial charge in [-0.3, -0.25) is 0 Å². The van der Waals surface area contributed by atoms with Crippen LogP contribution in [0.3, 0.4) is 0 Å². The second-order valence-electron chi connectivity index (χ2n) is 4.70. The highest BCUT2D eigenvalue weighted by molar-refractivity contribution is 5.56. The van der Waals surface area contributed by atoms with Crippen LogP contribution in [0.5, 0.6) is 0 Å². The van der Waals surface area contributed by atoms with Gasteiger partial charge in [-0.2, -0.15) is 0 Å². The quantitative estimate of drug-likeness (QED) is 0.823. The molecule has 16 heavy (non-hydrogen) atoms. The zero-order valence-corrected chi connectivity index (χ0v) is 10.2. The molecule has 1 aromatic rings. The highest BCUT2D eigenvalue weighted by Gasteiger charge is 2.29. The standard InChI is InChI=1S/C14H21NO/c1-3-8-15(13-5-6-13)14-7-4-12(10-16)9-11(14)2/h4,7,9,13,16H,3,5-6,8,10H2,1-2H3. The minimum absolute atomic E-state index is 0.137. The van der Waals surface area contributed by atoms with Gasteiger partial charge in [0.05, 0.1) is 6.61 Å². The van der Waals surface area contributed by atoms with E-state index < -0.39 is 0 Å². The monoisotopic (exact) mass is 219 g/mol. The van der Waals surface area contributed by atoms with Gasteiger partial charge in [-0.25, -0.2) is 0 Å². The summed E-state index contributed by atoms with van der Waals surface area (Å²) in [7, 11) is 0. The van der Waals surface area contributed by atoms with Crippen LogP contribution < -0.4 is 4.90 Å². The fourth-order valence-electron chi connectivity index (χ4n) is 2.27. The third-order valence-corrected chi connectivity index (χ3v) is 3.21. The molecule has 1 saturated carbocycles. The largest absolute Gasteiger partial charge is 0.392 e. The van der Waals surface area contributed by atoms with Gasteiger partial charge in [-0.1, -0.05) is 19.1 Å². The van der Waals surface area contributed by atoms with Gasteiger partial charge in [0.15, 0.2) is 0 Å². The second kappa shape index (κ2) is 4.88. The van der Waals surface area contributed by atoms with E-state index in [1.165, 1.54) is 30.5 Å². The Morgan fingerprint density at radius 2 is 2.12 bits per heavy atom. The Morgan fingerprint density at radius 3 is 2.62 bits per heavy atom. The first-order chi connectivity index (χ1) is 7.76. The average molecular weight is 219 g/mol. The highest BCUT2D eigenvalue weighted by atomic mass is 16.3. The molecule has 0 aromatic heterocycles. The van der Waals surface area contributed by atoms with Crippen molar-refractivity contribution >= 4 is 5.69 Å². The smallest absolute Gasteiger partial charge is 0.0681 e. The van der Waals surface area contributed by atoms with E-state index in [0.29, 0.717) is 0 Å². The summed E-state index contributed by atoms with van der Waals surface area (Å²) in [5.74, 6) is 0. The van der Waals surface area contributed by atoms with E-state index in [4.69, 9.17) is 5.11 Å². The number of benzene rings is 1. The summed E-state index contributed by atoms with van der Waals surface area (Å²) in [5, 5.41) is 9.10. The lowest BCUT2D eigenvalue weighted by Crippen LogP contribution is -2.27.